The Bertz CT molecular complexity index is 327. The van der Waals surface area contributed by atoms with Crippen molar-refractivity contribution >= 4 is 11.4 Å². The summed E-state index contributed by atoms with van der Waals surface area (Å²) in [6.45, 7) is 0. The van der Waals surface area contributed by atoms with E-state index in [-0.39, 0.29) is 16.9 Å². The second-order valence-corrected chi connectivity index (χ2v) is 2.03. The zero-order chi connectivity index (χ0) is 8.43. The predicted octanol–water partition coefficient (Wildman–Crippen LogP) is 0.862. The van der Waals surface area contributed by atoms with Crippen molar-refractivity contribution in [1.82, 2.24) is 0 Å². The first-order valence-electron chi connectivity index (χ1n) is 2.90. The lowest BCUT2D eigenvalue weighted by molar-refractivity contribution is 0.633. The highest BCUT2D eigenvalue weighted by Gasteiger charge is 2.05. The number of hydrogen-bond acceptors (Lipinski definition) is 3. The minimum Gasteiger partial charge on any atom is -0.396 e. The van der Waals surface area contributed by atoms with E-state index < -0.39 is 5.82 Å². The van der Waals surface area contributed by atoms with Crippen LogP contribution in [0.5, 0.6) is 0 Å². The summed E-state index contributed by atoms with van der Waals surface area (Å²) >= 11 is 0. The van der Waals surface area contributed by atoms with Crippen molar-refractivity contribution in [3.63, 3.8) is 0 Å². The fourth-order valence-electron chi connectivity index (χ4n) is 0.707. The molecule has 3 nitrogen and oxygen atoms in total. The molecule has 0 radical (unpaired) electrons. The third kappa shape index (κ3) is 1.08. The lowest BCUT2D eigenvalue weighted by atomic mass is 10.1. The van der Waals surface area contributed by atoms with Gasteiger partial charge in [0.15, 0.2) is 0 Å². The molecule has 0 saturated heterocycles. The highest BCUT2D eigenvalue weighted by Crippen LogP contribution is 2.21. The maximum absolute atomic E-state index is 12.6. The Balaban J connectivity index is 3.40. The van der Waals surface area contributed by atoms with Crippen LogP contribution >= 0.6 is 0 Å². The largest absolute Gasteiger partial charge is 0.396 e. The number of anilines is 2. The van der Waals surface area contributed by atoms with Gasteiger partial charge in [-0.05, 0) is 12.1 Å². The second kappa shape index (κ2) is 2.46. The van der Waals surface area contributed by atoms with Gasteiger partial charge in [-0.2, -0.15) is 5.26 Å². The molecule has 0 aliphatic carbocycles. The van der Waals surface area contributed by atoms with Crippen molar-refractivity contribution in [2.45, 2.75) is 0 Å². The predicted molar refractivity (Wildman–Crippen MR) is 39.9 cm³/mol. The summed E-state index contributed by atoms with van der Waals surface area (Å²) in [6, 6.07) is 4.20. The highest BCUT2D eigenvalue weighted by molar-refractivity contribution is 5.71. The Kier molecular flexibility index (Phi) is 1.65. The van der Waals surface area contributed by atoms with Crippen molar-refractivity contribution in [1.29, 1.82) is 5.26 Å². The first kappa shape index (κ1) is 7.35. The third-order valence-electron chi connectivity index (χ3n) is 1.35. The van der Waals surface area contributed by atoms with Gasteiger partial charge in [0, 0.05) is 0 Å². The summed E-state index contributed by atoms with van der Waals surface area (Å²) in [5.74, 6) is -0.596. The molecule has 0 unspecified atom stereocenters. The summed E-state index contributed by atoms with van der Waals surface area (Å²) in [5.41, 5.74) is 10.6. The summed E-state index contributed by atoms with van der Waals surface area (Å²) < 4.78 is 12.6. The molecule has 0 atom stereocenters. The molecule has 0 fully saturated rings. The van der Waals surface area contributed by atoms with Crippen LogP contribution in [0.1, 0.15) is 5.56 Å². The van der Waals surface area contributed by atoms with E-state index >= 15 is 0 Å². The van der Waals surface area contributed by atoms with Gasteiger partial charge in [0.1, 0.15) is 11.9 Å². The molecule has 0 aromatic heterocycles. The van der Waals surface area contributed by atoms with Crippen LogP contribution in [0.15, 0.2) is 12.1 Å². The van der Waals surface area contributed by atoms with Crippen LogP contribution in [0.3, 0.4) is 0 Å². The molecule has 4 N–H and O–H groups in total. The zero-order valence-electron chi connectivity index (χ0n) is 5.63. The Labute approximate surface area is 63.0 Å². The molecule has 0 amide bonds. The molecule has 0 spiro atoms. The number of halogens is 1. The van der Waals surface area contributed by atoms with E-state index in [9.17, 15) is 4.39 Å². The van der Waals surface area contributed by atoms with Gasteiger partial charge in [0.05, 0.1) is 16.9 Å². The average Bonchev–Trinajstić information content (AvgIpc) is 2.01. The van der Waals surface area contributed by atoms with Crippen molar-refractivity contribution in [2.75, 3.05) is 11.5 Å². The Hall–Kier alpha value is -1.76. The standard InChI is InChI=1S/C7H6FN3/c8-5-2-1-4(3-9)6(10)7(5)11/h1-2H,10-11H2. The molecule has 1 aromatic carbocycles. The number of nitrogens with zero attached hydrogens (tertiary/aromatic N) is 1. The van der Waals surface area contributed by atoms with Crippen molar-refractivity contribution in [2.24, 2.45) is 0 Å². The Morgan fingerprint density at radius 1 is 1.27 bits per heavy atom. The number of rotatable bonds is 0. The molecular formula is C7H6FN3. The minimum atomic E-state index is -0.596. The molecule has 1 rings (SSSR count). The zero-order valence-corrected chi connectivity index (χ0v) is 5.63. The monoisotopic (exact) mass is 151 g/mol. The quantitative estimate of drug-likeness (QED) is 0.540. The van der Waals surface area contributed by atoms with Crippen LogP contribution in [0, 0.1) is 17.1 Å². The van der Waals surface area contributed by atoms with E-state index in [1.807, 2.05) is 0 Å². The maximum atomic E-state index is 12.6. The smallest absolute Gasteiger partial charge is 0.148 e. The summed E-state index contributed by atoms with van der Waals surface area (Å²) in [7, 11) is 0. The Morgan fingerprint density at radius 2 is 1.91 bits per heavy atom. The third-order valence-corrected chi connectivity index (χ3v) is 1.35. The van der Waals surface area contributed by atoms with Gasteiger partial charge in [0.25, 0.3) is 0 Å². The number of nitriles is 1. The lowest BCUT2D eigenvalue weighted by Crippen LogP contribution is -2.00. The van der Waals surface area contributed by atoms with E-state index in [2.05, 4.69) is 0 Å². The van der Waals surface area contributed by atoms with Gasteiger partial charge >= 0.3 is 0 Å². The number of hydrogen-bond donors (Lipinski definition) is 2. The van der Waals surface area contributed by atoms with E-state index in [1.165, 1.54) is 6.07 Å². The van der Waals surface area contributed by atoms with E-state index in [1.54, 1.807) is 6.07 Å². The fraction of sp³-hybridized carbons (Fsp3) is 0. The molecule has 0 bridgehead atoms. The maximum Gasteiger partial charge on any atom is 0.148 e. The second-order valence-electron chi connectivity index (χ2n) is 2.03. The molecule has 1 aromatic rings. The Morgan fingerprint density at radius 3 is 2.45 bits per heavy atom. The first-order valence-corrected chi connectivity index (χ1v) is 2.90. The molecule has 0 saturated carbocycles. The SMILES string of the molecule is N#Cc1ccc(F)c(N)c1N. The normalized spacial score (nSPS) is 9.09. The lowest BCUT2D eigenvalue weighted by Gasteiger charge is -2.01. The van der Waals surface area contributed by atoms with Gasteiger partial charge in [-0.1, -0.05) is 0 Å². The molecule has 4 heteroatoms. The van der Waals surface area contributed by atoms with Crippen molar-refractivity contribution < 1.29 is 4.39 Å². The van der Waals surface area contributed by atoms with Crippen LogP contribution in [0.2, 0.25) is 0 Å². The molecular weight excluding hydrogens is 145 g/mol. The van der Waals surface area contributed by atoms with Crippen LogP contribution in [-0.2, 0) is 0 Å². The summed E-state index contributed by atoms with van der Waals surface area (Å²) in [4.78, 5) is 0. The van der Waals surface area contributed by atoms with Crippen molar-refractivity contribution in [3.05, 3.63) is 23.5 Å². The highest BCUT2D eigenvalue weighted by atomic mass is 19.1. The van der Waals surface area contributed by atoms with Crippen LogP contribution in [0.4, 0.5) is 15.8 Å². The summed E-state index contributed by atoms with van der Waals surface area (Å²) in [5, 5.41) is 8.43. The number of nitrogen functional groups attached to an aromatic ring is 2. The van der Waals surface area contributed by atoms with Crippen LogP contribution in [-0.4, -0.2) is 0 Å². The molecule has 0 aliphatic rings. The van der Waals surface area contributed by atoms with E-state index in [4.69, 9.17) is 16.7 Å². The van der Waals surface area contributed by atoms with Gasteiger partial charge in [-0.25, -0.2) is 4.39 Å². The molecule has 0 heterocycles. The van der Waals surface area contributed by atoms with Gasteiger partial charge in [0.2, 0.25) is 0 Å². The fourth-order valence-corrected chi connectivity index (χ4v) is 0.707. The van der Waals surface area contributed by atoms with Crippen LogP contribution < -0.4 is 11.5 Å². The van der Waals surface area contributed by atoms with Crippen LogP contribution in [0.25, 0.3) is 0 Å². The van der Waals surface area contributed by atoms with Gasteiger partial charge in [-0.3, -0.25) is 0 Å². The number of benzene rings is 1. The average molecular weight is 151 g/mol. The van der Waals surface area contributed by atoms with Crippen molar-refractivity contribution in [3.8, 4) is 6.07 Å². The minimum absolute atomic E-state index is 0.00694. The number of nitrogens with two attached hydrogens (primary N) is 2. The van der Waals surface area contributed by atoms with E-state index in [0.29, 0.717) is 0 Å². The molecule has 0 aliphatic heterocycles. The topological polar surface area (TPSA) is 75.8 Å². The molecule has 56 valence electrons. The van der Waals surface area contributed by atoms with Gasteiger partial charge < -0.3 is 11.5 Å². The first-order chi connectivity index (χ1) is 5.16. The molecule has 11 heavy (non-hydrogen) atoms. The van der Waals surface area contributed by atoms with E-state index in [0.717, 1.165) is 6.07 Å². The summed E-state index contributed by atoms with van der Waals surface area (Å²) in [6.07, 6.45) is 0. The van der Waals surface area contributed by atoms with Gasteiger partial charge in [-0.15, -0.1) is 0 Å².